The number of aromatic amines is 1. The third kappa shape index (κ3) is 4.72. The van der Waals surface area contributed by atoms with Crippen LogP contribution in [0.15, 0.2) is 35.7 Å². The first kappa shape index (κ1) is 15.9. The molecule has 2 aromatic rings. The van der Waals surface area contributed by atoms with Crippen LogP contribution in [0.25, 0.3) is 0 Å². The molecule has 122 valence electrons. The van der Waals surface area contributed by atoms with Gasteiger partial charge in [-0.2, -0.15) is 5.10 Å². The summed E-state index contributed by atoms with van der Waals surface area (Å²) >= 11 is 1.33. The van der Waals surface area contributed by atoms with E-state index in [-0.39, 0.29) is 5.91 Å². The molecular formula is C16H21N5OS. The molecule has 1 saturated heterocycles. The van der Waals surface area contributed by atoms with E-state index in [0.717, 1.165) is 18.8 Å². The minimum absolute atomic E-state index is 0.0473. The van der Waals surface area contributed by atoms with E-state index in [1.165, 1.54) is 49.5 Å². The van der Waals surface area contributed by atoms with E-state index < -0.39 is 0 Å². The van der Waals surface area contributed by atoms with Crippen LogP contribution in [0.3, 0.4) is 0 Å². The average molecular weight is 331 g/mol. The number of hydrogen-bond acceptors (Lipinski definition) is 5. The molecule has 0 saturated carbocycles. The van der Waals surface area contributed by atoms with Gasteiger partial charge in [-0.1, -0.05) is 24.6 Å². The van der Waals surface area contributed by atoms with E-state index in [2.05, 4.69) is 37.5 Å². The van der Waals surface area contributed by atoms with Crippen molar-refractivity contribution in [2.24, 2.45) is 0 Å². The lowest BCUT2D eigenvalue weighted by molar-refractivity contribution is -0.113. The number of aromatic nitrogens is 3. The first-order valence-corrected chi connectivity index (χ1v) is 8.93. The first-order valence-electron chi connectivity index (χ1n) is 7.94. The van der Waals surface area contributed by atoms with Gasteiger partial charge >= 0.3 is 0 Å². The zero-order chi connectivity index (χ0) is 15.9. The molecule has 1 aromatic carbocycles. The average Bonchev–Trinajstić information content (AvgIpc) is 2.94. The molecule has 1 aliphatic heterocycles. The van der Waals surface area contributed by atoms with E-state index in [4.69, 9.17) is 0 Å². The van der Waals surface area contributed by atoms with Gasteiger partial charge in [0.2, 0.25) is 5.91 Å². The quantitative estimate of drug-likeness (QED) is 0.824. The molecule has 3 rings (SSSR count). The van der Waals surface area contributed by atoms with Crippen LogP contribution in [0, 0.1) is 0 Å². The summed E-state index contributed by atoms with van der Waals surface area (Å²) < 4.78 is 0. The number of H-pyrrole nitrogens is 1. The Balaban J connectivity index is 1.51. The van der Waals surface area contributed by atoms with Gasteiger partial charge in [-0.25, -0.2) is 4.98 Å². The van der Waals surface area contributed by atoms with Crippen LogP contribution in [0.5, 0.6) is 0 Å². The summed E-state index contributed by atoms with van der Waals surface area (Å²) in [6.07, 6.45) is 6.61. The molecule has 0 aliphatic carbocycles. The summed E-state index contributed by atoms with van der Waals surface area (Å²) in [6.45, 7) is 2.25. The Morgan fingerprint density at radius 1 is 1.17 bits per heavy atom. The highest BCUT2D eigenvalue weighted by atomic mass is 32.2. The Morgan fingerprint density at radius 2 is 1.91 bits per heavy atom. The monoisotopic (exact) mass is 331 g/mol. The number of nitrogens with one attached hydrogen (secondary N) is 2. The molecule has 1 aliphatic rings. The Morgan fingerprint density at radius 3 is 2.57 bits per heavy atom. The number of hydrogen-bond donors (Lipinski definition) is 2. The third-order valence-electron chi connectivity index (χ3n) is 3.86. The van der Waals surface area contributed by atoms with Gasteiger partial charge < -0.3 is 10.2 Å². The van der Waals surface area contributed by atoms with Crippen LogP contribution in [0.4, 0.5) is 11.4 Å². The van der Waals surface area contributed by atoms with Gasteiger partial charge in [0, 0.05) is 24.5 Å². The molecule has 7 heteroatoms. The Hall–Kier alpha value is -2.02. The van der Waals surface area contributed by atoms with Crippen molar-refractivity contribution < 1.29 is 4.79 Å². The van der Waals surface area contributed by atoms with Crippen molar-refractivity contribution in [3.05, 3.63) is 30.6 Å². The summed E-state index contributed by atoms with van der Waals surface area (Å²) in [7, 11) is 0. The Bertz CT molecular complexity index is 606. The number of benzene rings is 1. The van der Waals surface area contributed by atoms with Crippen molar-refractivity contribution in [1.29, 1.82) is 0 Å². The predicted octanol–water partition coefficient (Wildman–Crippen LogP) is 2.92. The molecule has 1 aromatic heterocycles. The van der Waals surface area contributed by atoms with Crippen LogP contribution < -0.4 is 10.2 Å². The van der Waals surface area contributed by atoms with Crippen molar-refractivity contribution in [2.75, 3.05) is 29.1 Å². The lowest BCUT2D eigenvalue weighted by Crippen LogP contribution is -2.23. The second kappa shape index (κ2) is 8.01. The first-order chi connectivity index (χ1) is 11.3. The van der Waals surface area contributed by atoms with Crippen molar-refractivity contribution in [1.82, 2.24) is 15.2 Å². The zero-order valence-corrected chi connectivity index (χ0v) is 13.8. The van der Waals surface area contributed by atoms with E-state index in [1.807, 2.05) is 12.1 Å². The summed E-state index contributed by atoms with van der Waals surface area (Å²) in [5, 5.41) is 10.0. The van der Waals surface area contributed by atoms with Crippen LogP contribution in [0.2, 0.25) is 0 Å². The zero-order valence-electron chi connectivity index (χ0n) is 13.0. The van der Waals surface area contributed by atoms with Crippen molar-refractivity contribution >= 4 is 29.0 Å². The van der Waals surface area contributed by atoms with E-state index in [9.17, 15) is 4.79 Å². The summed E-state index contributed by atoms with van der Waals surface area (Å²) in [6, 6.07) is 8.11. The van der Waals surface area contributed by atoms with Gasteiger partial charge in [0.05, 0.1) is 5.75 Å². The molecule has 0 bridgehead atoms. The molecule has 0 unspecified atom stereocenters. The molecule has 1 fully saturated rings. The predicted molar refractivity (Wildman–Crippen MR) is 92.9 cm³/mol. The molecule has 1 amide bonds. The third-order valence-corrected chi connectivity index (χ3v) is 4.73. The van der Waals surface area contributed by atoms with E-state index in [1.54, 1.807) is 0 Å². The van der Waals surface area contributed by atoms with Gasteiger partial charge in [-0.05, 0) is 37.1 Å². The molecule has 2 N–H and O–H groups in total. The van der Waals surface area contributed by atoms with E-state index >= 15 is 0 Å². The van der Waals surface area contributed by atoms with Crippen molar-refractivity contribution in [3.63, 3.8) is 0 Å². The minimum Gasteiger partial charge on any atom is -0.372 e. The molecule has 6 nitrogen and oxygen atoms in total. The normalized spacial score (nSPS) is 15.2. The smallest absolute Gasteiger partial charge is 0.234 e. The number of carbonyl (C=O) groups is 1. The van der Waals surface area contributed by atoms with Crippen molar-refractivity contribution in [3.8, 4) is 0 Å². The van der Waals surface area contributed by atoms with Gasteiger partial charge in [0.15, 0.2) is 5.16 Å². The number of carbonyl (C=O) groups excluding carboxylic acids is 1. The summed E-state index contributed by atoms with van der Waals surface area (Å²) in [4.78, 5) is 18.3. The van der Waals surface area contributed by atoms with Crippen molar-refractivity contribution in [2.45, 2.75) is 30.8 Å². The fourth-order valence-corrected chi connectivity index (χ4v) is 3.26. The maximum atomic E-state index is 11.9. The highest BCUT2D eigenvalue weighted by Gasteiger charge is 2.10. The molecule has 0 spiro atoms. The number of nitrogens with zero attached hydrogens (tertiary/aromatic N) is 3. The Kier molecular flexibility index (Phi) is 5.52. The van der Waals surface area contributed by atoms with Gasteiger partial charge in [-0.3, -0.25) is 9.89 Å². The number of anilines is 2. The van der Waals surface area contributed by atoms with Crippen LogP contribution in [-0.2, 0) is 4.79 Å². The second-order valence-corrected chi connectivity index (χ2v) is 6.54. The summed E-state index contributed by atoms with van der Waals surface area (Å²) in [5.41, 5.74) is 2.06. The lowest BCUT2D eigenvalue weighted by Gasteiger charge is -2.22. The van der Waals surface area contributed by atoms with Crippen LogP contribution in [-0.4, -0.2) is 39.9 Å². The highest BCUT2D eigenvalue weighted by molar-refractivity contribution is 7.99. The number of amides is 1. The fraction of sp³-hybridized carbons (Fsp3) is 0.438. The topological polar surface area (TPSA) is 73.9 Å². The van der Waals surface area contributed by atoms with Gasteiger partial charge in [0.25, 0.3) is 0 Å². The minimum atomic E-state index is -0.0473. The van der Waals surface area contributed by atoms with Gasteiger partial charge in [0.1, 0.15) is 6.33 Å². The lowest BCUT2D eigenvalue weighted by atomic mass is 10.2. The van der Waals surface area contributed by atoms with E-state index in [0.29, 0.717) is 10.9 Å². The molecule has 23 heavy (non-hydrogen) atoms. The number of rotatable bonds is 5. The molecular weight excluding hydrogens is 310 g/mol. The fourth-order valence-electron chi connectivity index (χ4n) is 2.68. The standard InChI is InChI=1S/C16H21N5OS/c22-15(11-23-16-17-12-18-20-16)19-13-5-7-14(8-6-13)21-9-3-1-2-4-10-21/h5-8,12H,1-4,9-11H2,(H,19,22)(H,17,18,20). The molecule has 2 heterocycles. The molecule has 0 atom stereocenters. The SMILES string of the molecule is O=C(CSc1ncn[nH]1)Nc1ccc(N2CCCCCC2)cc1. The number of thioether (sulfide) groups is 1. The Labute approximate surface area is 140 Å². The van der Waals surface area contributed by atoms with Gasteiger partial charge in [-0.15, -0.1) is 0 Å². The van der Waals surface area contributed by atoms with Crippen LogP contribution in [0.1, 0.15) is 25.7 Å². The van der Waals surface area contributed by atoms with Crippen LogP contribution >= 0.6 is 11.8 Å². The summed E-state index contributed by atoms with van der Waals surface area (Å²) in [5.74, 6) is 0.261. The maximum Gasteiger partial charge on any atom is 0.234 e. The maximum absolute atomic E-state index is 11.9. The molecule has 0 radical (unpaired) electrons. The highest BCUT2D eigenvalue weighted by Crippen LogP contribution is 2.22. The second-order valence-electron chi connectivity index (χ2n) is 5.58. The largest absolute Gasteiger partial charge is 0.372 e.